The van der Waals surface area contributed by atoms with Crippen LogP contribution in [-0.4, -0.2) is 44.3 Å². The van der Waals surface area contributed by atoms with Crippen LogP contribution in [0.25, 0.3) is 10.1 Å². The summed E-state index contributed by atoms with van der Waals surface area (Å²) in [7, 11) is 0. The van der Waals surface area contributed by atoms with E-state index in [1.54, 1.807) is 13.0 Å². The molecule has 1 aliphatic rings. The van der Waals surface area contributed by atoms with Crippen LogP contribution in [-0.2, 0) is 14.3 Å². The highest BCUT2D eigenvalue weighted by Gasteiger charge is 2.21. The molecule has 7 heteroatoms. The summed E-state index contributed by atoms with van der Waals surface area (Å²) in [6.45, 7) is 4.73. The van der Waals surface area contributed by atoms with Crippen molar-refractivity contribution in [3.05, 3.63) is 59.5 Å². The van der Waals surface area contributed by atoms with E-state index < -0.39 is 12.1 Å². The molecule has 0 aliphatic carbocycles. The summed E-state index contributed by atoms with van der Waals surface area (Å²) in [4.78, 5) is 27.5. The Kier molecular flexibility index (Phi) is 5.78. The molecule has 0 spiro atoms. The third kappa shape index (κ3) is 4.58. The van der Waals surface area contributed by atoms with E-state index in [1.807, 2.05) is 48.5 Å². The number of fused-ring (bicyclic) bond motifs is 1. The first-order chi connectivity index (χ1) is 14.1. The van der Waals surface area contributed by atoms with Gasteiger partial charge >= 0.3 is 5.97 Å². The van der Waals surface area contributed by atoms with Gasteiger partial charge < -0.3 is 19.7 Å². The smallest absolute Gasteiger partial charge is 0.349 e. The van der Waals surface area contributed by atoms with Crippen molar-refractivity contribution in [2.75, 3.05) is 36.5 Å². The molecule has 0 bridgehead atoms. The van der Waals surface area contributed by atoms with Crippen LogP contribution in [0.3, 0.4) is 0 Å². The molecule has 1 atom stereocenters. The van der Waals surface area contributed by atoms with Crippen molar-refractivity contribution in [3.63, 3.8) is 0 Å². The molecule has 0 radical (unpaired) electrons. The predicted octanol–water partition coefficient (Wildman–Crippen LogP) is 3.92. The maximum absolute atomic E-state index is 12.4. The van der Waals surface area contributed by atoms with E-state index >= 15 is 0 Å². The molecule has 6 nitrogen and oxygen atoms in total. The Balaban J connectivity index is 1.34. The number of morpholine rings is 1. The van der Waals surface area contributed by atoms with Crippen molar-refractivity contribution < 1.29 is 19.1 Å². The molecule has 1 saturated heterocycles. The van der Waals surface area contributed by atoms with Gasteiger partial charge in [0.15, 0.2) is 6.10 Å². The van der Waals surface area contributed by atoms with E-state index in [0.29, 0.717) is 10.6 Å². The first-order valence-corrected chi connectivity index (χ1v) is 10.3. The SMILES string of the molecule is C[C@H](OC(=O)c1cc2ccccc2s1)C(=O)Nc1ccc(N2CCOCC2)cc1. The summed E-state index contributed by atoms with van der Waals surface area (Å²) in [5.74, 6) is -0.852. The highest BCUT2D eigenvalue weighted by molar-refractivity contribution is 7.20. The number of benzene rings is 2. The second-order valence-electron chi connectivity index (χ2n) is 6.83. The minimum atomic E-state index is -0.897. The Hall–Kier alpha value is -2.90. The Labute approximate surface area is 173 Å². The summed E-state index contributed by atoms with van der Waals surface area (Å²) in [6, 6.07) is 17.2. The number of hydrogen-bond donors (Lipinski definition) is 1. The molecule has 2 heterocycles. The van der Waals surface area contributed by atoms with Crippen molar-refractivity contribution in [1.82, 2.24) is 0 Å². The van der Waals surface area contributed by atoms with Crippen molar-refractivity contribution in [3.8, 4) is 0 Å². The van der Waals surface area contributed by atoms with Crippen LogP contribution >= 0.6 is 11.3 Å². The summed E-state index contributed by atoms with van der Waals surface area (Å²) < 4.78 is 11.7. The summed E-state index contributed by atoms with van der Waals surface area (Å²) in [5.41, 5.74) is 1.76. The van der Waals surface area contributed by atoms with Gasteiger partial charge in [0.05, 0.1) is 13.2 Å². The minimum Gasteiger partial charge on any atom is -0.448 e. The molecule has 150 valence electrons. The van der Waals surface area contributed by atoms with Gasteiger partial charge in [-0.2, -0.15) is 0 Å². The third-order valence-corrected chi connectivity index (χ3v) is 5.89. The van der Waals surface area contributed by atoms with E-state index in [4.69, 9.17) is 9.47 Å². The molecule has 29 heavy (non-hydrogen) atoms. The average Bonchev–Trinajstić information content (AvgIpc) is 3.19. The van der Waals surface area contributed by atoms with Crippen molar-refractivity contribution >= 4 is 44.7 Å². The number of rotatable bonds is 5. The molecule has 1 fully saturated rings. The van der Waals surface area contributed by atoms with Crippen molar-refractivity contribution in [2.45, 2.75) is 13.0 Å². The Morgan fingerprint density at radius 2 is 1.83 bits per heavy atom. The zero-order valence-corrected chi connectivity index (χ0v) is 16.9. The normalized spacial score (nSPS) is 15.1. The third-order valence-electron chi connectivity index (χ3n) is 4.79. The first kappa shape index (κ1) is 19.4. The van der Waals surface area contributed by atoms with Crippen LogP contribution in [0.5, 0.6) is 0 Å². The maximum Gasteiger partial charge on any atom is 0.349 e. The lowest BCUT2D eigenvalue weighted by atomic mass is 10.2. The van der Waals surface area contributed by atoms with Crippen molar-refractivity contribution in [2.24, 2.45) is 0 Å². The highest BCUT2D eigenvalue weighted by atomic mass is 32.1. The van der Waals surface area contributed by atoms with Crippen LogP contribution in [0, 0.1) is 0 Å². The van der Waals surface area contributed by atoms with Gasteiger partial charge in [0.25, 0.3) is 5.91 Å². The maximum atomic E-state index is 12.4. The second-order valence-corrected chi connectivity index (χ2v) is 7.92. The largest absolute Gasteiger partial charge is 0.448 e. The monoisotopic (exact) mass is 410 g/mol. The number of carbonyl (C=O) groups is 2. The van der Waals surface area contributed by atoms with Crippen LogP contribution in [0.1, 0.15) is 16.6 Å². The quantitative estimate of drug-likeness (QED) is 0.646. The van der Waals surface area contributed by atoms with E-state index in [2.05, 4.69) is 10.2 Å². The molecule has 3 aromatic rings. The molecule has 2 aromatic carbocycles. The number of hydrogen-bond acceptors (Lipinski definition) is 6. The van der Waals surface area contributed by atoms with Gasteiger partial charge in [-0.05, 0) is 48.7 Å². The van der Waals surface area contributed by atoms with E-state index in [-0.39, 0.29) is 5.91 Å². The second kappa shape index (κ2) is 8.63. The lowest BCUT2D eigenvalue weighted by molar-refractivity contribution is -0.123. The van der Waals surface area contributed by atoms with Crippen molar-refractivity contribution in [1.29, 1.82) is 0 Å². The van der Waals surface area contributed by atoms with Gasteiger partial charge in [-0.1, -0.05) is 18.2 Å². The summed E-state index contributed by atoms with van der Waals surface area (Å²) >= 11 is 1.36. The van der Waals surface area contributed by atoms with Gasteiger partial charge in [-0.25, -0.2) is 4.79 Å². The number of esters is 1. The number of nitrogens with zero attached hydrogens (tertiary/aromatic N) is 1. The lowest BCUT2D eigenvalue weighted by Gasteiger charge is -2.28. The number of thiophene rings is 1. The van der Waals surface area contributed by atoms with Crippen LogP contribution < -0.4 is 10.2 Å². The standard InChI is InChI=1S/C22H22N2O4S/c1-15(28-22(26)20-14-16-4-2-3-5-19(16)29-20)21(25)23-17-6-8-18(9-7-17)24-10-12-27-13-11-24/h2-9,14-15H,10-13H2,1H3,(H,23,25)/t15-/m0/s1. The topological polar surface area (TPSA) is 67.9 Å². The summed E-state index contributed by atoms with van der Waals surface area (Å²) in [5, 5.41) is 3.79. The van der Waals surface area contributed by atoms with Gasteiger partial charge in [0.1, 0.15) is 4.88 Å². The fourth-order valence-corrected chi connectivity index (χ4v) is 4.12. The van der Waals surface area contributed by atoms with E-state index in [9.17, 15) is 9.59 Å². The molecule has 0 saturated carbocycles. The number of nitrogens with one attached hydrogen (secondary N) is 1. The highest BCUT2D eigenvalue weighted by Crippen LogP contribution is 2.26. The molecular weight excluding hydrogens is 388 g/mol. The van der Waals surface area contributed by atoms with Crippen LogP contribution in [0.4, 0.5) is 11.4 Å². The van der Waals surface area contributed by atoms with Crippen LogP contribution in [0.15, 0.2) is 54.6 Å². The molecular formula is C22H22N2O4S. The lowest BCUT2D eigenvalue weighted by Crippen LogP contribution is -2.36. The molecule has 1 aliphatic heterocycles. The zero-order valence-electron chi connectivity index (χ0n) is 16.1. The molecule has 4 rings (SSSR count). The molecule has 1 amide bonds. The molecule has 1 aromatic heterocycles. The minimum absolute atomic E-state index is 0.362. The van der Waals surface area contributed by atoms with Gasteiger partial charge in [-0.3, -0.25) is 4.79 Å². The van der Waals surface area contributed by atoms with Gasteiger partial charge in [0.2, 0.25) is 0 Å². The number of ether oxygens (including phenoxy) is 2. The van der Waals surface area contributed by atoms with Gasteiger partial charge in [0, 0.05) is 29.2 Å². The fourth-order valence-electron chi connectivity index (χ4n) is 3.18. The van der Waals surface area contributed by atoms with Gasteiger partial charge in [-0.15, -0.1) is 11.3 Å². The summed E-state index contributed by atoms with van der Waals surface area (Å²) in [6.07, 6.45) is -0.897. The Morgan fingerprint density at radius 1 is 1.10 bits per heavy atom. The predicted molar refractivity (Wildman–Crippen MR) is 115 cm³/mol. The average molecular weight is 410 g/mol. The Morgan fingerprint density at radius 3 is 2.55 bits per heavy atom. The van der Waals surface area contributed by atoms with E-state index in [0.717, 1.165) is 42.1 Å². The number of anilines is 2. The number of carbonyl (C=O) groups excluding carboxylic acids is 2. The fraction of sp³-hybridized carbons (Fsp3) is 0.273. The Bertz CT molecular complexity index is 976. The zero-order chi connectivity index (χ0) is 20.2. The molecule has 0 unspecified atom stereocenters. The van der Waals surface area contributed by atoms with Crippen LogP contribution in [0.2, 0.25) is 0 Å². The first-order valence-electron chi connectivity index (χ1n) is 9.53. The van der Waals surface area contributed by atoms with E-state index in [1.165, 1.54) is 11.3 Å². The number of amides is 1. The molecule has 1 N–H and O–H groups in total.